The van der Waals surface area contributed by atoms with E-state index in [1.54, 1.807) is 0 Å². The van der Waals surface area contributed by atoms with Crippen LogP contribution in [0.1, 0.15) is 12.8 Å². The number of carbonyl (C=O) groups is 1. The Balaban J connectivity index is 2.25. The molecule has 1 aliphatic carbocycles. The summed E-state index contributed by atoms with van der Waals surface area (Å²) in [6, 6.07) is 0. The number of carboxylic acids is 1. The quantitative estimate of drug-likeness (QED) is 0.631. The Morgan fingerprint density at radius 1 is 1.73 bits per heavy atom. The van der Waals surface area contributed by atoms with E-state index in [4.69, 9.17) is 9.94 Å². The van der Waals surface area contributed by atoms with Gasteiger partial charge in [0.2, 0.25) is 0 Å². The molecule has 0 aromatic heterocycles. The fourth-order valence-corrected chi connectivity index (χ4v) is 1.43. The van der Waals surface area contributed by atoms with Crippen molar-refractivity contribution in [3.63, 3.8) is 0 Å². The maximum atomic E-state index is 10.8. The molecule has 4 nitrogen and oxygen atoms in total. The number of oxime groups is 1. The highest BCUT2D eigenvalue weighted by Gasteiger charge is 2.53. The highest BCUT2D eigenvalue weighted by molar-refractivity contribution is 5.95. The summed E-state index contributed by atoms with van der Waals surface area (Å²) in [6.07, 6.45) is 3.41. The van der Waals surface area contributed by atoms with Crippen LogP contribution in [0.4, 0.5) is 0 Å². The van der Waals surface area contributed by atoms with E-state index in [9.17, 15) is 4.79 Å². The molecule has 1 aliphatic heterocycles. The van der Waals surface area contributed by atoms with E-state index in [0.29, 0.717) is 0 Å². The van der Waals surface area contributed by atoms with Gasteiger partial charge in [0, 0.05) is 0 Å². The lowest BCUT2D eigenvalue weighted by atomic mass is 9.85. The molecule has 2 aliphatic rings. The minimum atomic E-state index is -0.804. The minimum absolute atomic E-state index is 0.215. The van der Waals surface area contributed by atoms with Crippen LogP contribution >= 0.6 is 0 Å². The number of hydrogen-bond acceptors (Lipinski definition) is 3. The Morgan fingerprint density at radius 2 is 2.45 bits per heavy atom. The highest BCUT2D eigenvalue weighted by Crippen LogP contribution is 2.46. The van der Waals surface area contributed by atoms with Crippen molar-refractivity contribution in [2.24, 2.45) is 16.5 Å². The van der Waals surface area contributed by atoms with Gasteiger partial charge in [0.05, 0.1) is 6.21 Å². The number of rotatable bonds is 2. The lowest BCUT2D eigenvalue weighted by Gasteiger charge is -2.16. The molecule has 0 spiro atoms. The van der Waals surface area contributed by atoms with Gasteiger partial charge in [0.15, 0.2) is 0 Å². The average Bonchev–Trinajstić information content (AvgIpc) is 2.69. The Morgan fingerprint density at radius 3 is 2.82 bits per heavy atom. The van der Waals surface area contributed by atoms with Gasteiger partial charge in [0.25, 0.3) is 0 Å². The van der Waals surface area contributed by atoms with E-state index in [0.717, 1.165) is 12.8 Å². The van der Waals surface area contributed by atoms with Gasteiger partial charge >= 0.3 is 5.97 Å². The molecule has 1 atom stereocenters. The summed E-state index contributed by atoms with van der Waals surface area (Å²) in [5.41, 5.74) is -0.792. The zero-order valence-corrected chi connectivity index (χ0v) is 5.99. The van der Waals surface area contributed by atoms with Crippen molar-refractivity contribution >= 4 is 12.2 Å². The van der Waals surface area contributed by atoms with Crippen LogP contribution in [0.2, 0.25) is 0 Å². The van der Waals surface area contributed by atoms with Crippen LogP contribution in [-0.2, 0) is 9.63 Å². The molecule has 1 unspecified atom stereocenters. The van der Waals surface area contributed by atoms with Crippen molar-refractivity contribution in [1.29, 1.82) is 0 Å². The number of carboxylic acid groups (broad SMARTS) is 1. The maximum Gasteiger partial charge on any atom is 0.319 e. The van der Waals surface area contributed by atoms with E-state index in [-0.39, 0.29) is 12.5 Å². The van der Waals surface area contributed by atoms with E-state index in [1.165, 1.54) is 6.21 Å². The fraction of sp³-hybridized carbons (Fsp3) is 0.714. The molecule has 1 heterocycles. The van der Waals surface area contributed by atoms with Gasteiger partial charge in [0.1, 0.15) is 12.0 Å². The van der Waals surface area contributed by atoms with Gasteiger partial charge in [-0.25, -0.2) is 0 Å². The molecule has 60 valence electrons. The first-order valence-corrected chi connectivity index (χ1v) is 3.65. The van der Waals surface area contributed by atoms with Crippen LogP contribution in [-0.4, -0.2) is 23.9 Å². The summed E-state index contributed by atoms with van der Waals surface area (Å²) in [7, 11) is 0. The second-order valence-corrected chi connectivity index (χ2v) is 3.13. The predicted octanol–water partition coefficient (Wildman–Crippen LogP) is 0.483. The van der Waals surface area contributed by atoms with Gasteiger partial charge in [-0.15, -0.1) is 0 Å². The SMILES string of the molecule is O=C(O)C1(C2CC2)C=NOC1. The third kappa shape index (κ3) is 0.818. The van der Waals surface area contributed by atoms with Gasteiger partial charge < -0.3 is 9.94 Å². The molecular formula is C7H9NO3. The molecule has 0 amide bonds. The third-order valence-electron chi connectivity index (χ3n) is 2.37. The van der Waals surface area contributed by atoms with Crippen molar-refractivity contribution in [2.75, 3.05) is 6.61 Å². The van der Waals surface area contributed by atoms with Crippen molar-refractivity contribution in [1.82, 2.24) is 0 Å². The van der Waals surface area contributed by atoms with E-state index >= 15 is 0 Å². The predicted molar refractivity (Wildman–Crippen MR) is 37.2 cm³/mol. The largest absolute Gasteiger partial charge is 0.480 e. The standard InChI is InChI=1S/C7H9NO3/c9-6(10)7(5-1-2-5)3-8-11-4-7/h3,5H,1-2,4H2,(H,9,10). The second-order valence-electron chi connectivity index (χ2n) is 3.13. The topological polar surface area (TPSA) is 58.9 Å². The summed E-state index contributed by atoms with van der Waals surface area (Å²) in [5.74, 6) is -0.549. The number of aliphatic carboxylic acids is 1. The first kappa shape index (κ1) is 6.64. The number of nitrogens with zero attached hydrogens (tertiary/aromatic N) is 1. The monoisotopic (exact) mass is 155 g/mol. The molecule has 0 radical (unpaired) electrons. The molecule has 0 aromatic carbocycles. The summed E-state index contributed by atoms with van der Waals surface area (Å²) < 4.78 is 0. The smallest absolute Gasteiger partial charge is 0.319 e. The van der Waals surface area contributed by atoms with Gasteiger partial charge in [-0.1, -0.05) is 5.16 Å². The molecule has 11 heavy (non-hydrogen) atoms. The second kappa shape index (κ2) is 1.96. The van der Waals surface area contributed by atoms with E-state index in [2.05, 4.69) is 5.16 Å². The average molecular weight is 155 g/mol. The molecule has 0 saturated heterocycles. The Hall–Kier alpha value is -1.06. The Kier molecular flexibility index (Phi) is 1.19. The maximum absolute atomic E-state index is 10.8. The van der Waals surface area contributed by atoms with Crippen LogP contribution < -0.4 is 0 Å². The van der Waals surface area contributed by atoms with E-state index < -0.39 is 11.4 Å². The van der Waals surface area contributed by atoms with Gasteiger partial charge in [-0.2, -0.15) is 0 Å². The highest BCUT2D eigenvalue weighted by atomic mass is 16.6. The van der Waals surface area contributed by atoms with Crippen LogP contribution in [0.25, 0.3) is 0 Å². The van der Waals surface area contributed by atoms with Crippen molar-refractivity contribution < 1.29 is 14.7 Å². The normalized spacial score (nSPS) is 35.3. The lowest BCUT2D eigenvalue weighted by Crippen LogP contribution is -2.36. The molecule has 2 rings (SSSR count). The van der Waals surface area contributed by atoms with E-state index in [1.807, 2.05) is 0 Å². The van der Waals surface area contributed by atoms with Crippen LogP contribution in [0.3, 0.4) is 0 Å². The summed E-state index contributed by atoms with van der Waals surface area (Å²) in [6.45, 7) is 0.215. The zero-order valence-electron chi connectivity index (χ0n) is 5.99. The summed E-state index contributed by atoms with van der Waals surface area (Å²) >= 11 is 0. The summed E-state index contributed by atoms with van der Waals surface area (Å²) in [4.78, 5) is 15.5. The Bertz CT molecular complexity index is 222. The van der Waals surface area contributed by atoms with Crippen LogP contribution in [0, 0.1) is 11.3 Å². The number of hydrogen-bond donors (Lipinski definition) is 1. The van der Waals surface area contributed by atoms with Crippen molar-refractivity contribution in [3.8, 4) is 0 Å². The first-order chi connectivity index (χ1) is 5.26. The third-order valence-corrected chi connectivity index (χ3v) is 2.37. The summed E-state index contributed by atoms with van der Waals surface area (Å²) in [5, 5.41) is 12.4. The fourth-order valence-electron chi connectivity index (χ4n) is 1.43. The van der Waals surface area contributed by atoms with Crippen molar-refractivity contribution in [2.45, 2.75) is 12.8 Å². The molecular weight excluding hydrogens is 146 g/mol. The van der Waals surface area contributed by atoms with Crippen molar-refractivity contribution in [3.05, 3.63) is 0 Å². The molecule has 4 heteroatoms. The lowest BCUT2D eigenvalue weighted by molar-refractivity contribution is -0.147. The minimum Gasteiger partial charge on any atom is -0.480 e. The molecule has 0 bridgehead atoms. The molecule has 0 aromatic rings. The van der Waals surface area contributed by atoms with Gasteiger partial charge in [-0.05, 0) is 18.8 Å². The zero-order chi connectivity index (χ0) is 7.90. The Labute approximate surface area is 63.8 Å². The molecule has 1 saturated carbocycles. The molecule has 1 fully saturated rings. The molecule has 1 N–H and O–H groups in total. The van der Waals surface area contributed by atoms with Crippen LogP contribution in [0.15, 0.2) is 5.16 Å². The van der Waals surface area contributed by atoms with Gasteiger partial charge in [-0.3, -0.25) is 4.79 Å². The van der Waals surface area contributed by atoms with Crippen LogP contribution in [0.5, 0.6) is 0 Å². The first-order valence-electron chi connectivity index (χ1n) is 3.65.